The molecule has 29 heavy (non-hydrogen) atoms. The van der Waals surface area contributed by atoms with E-state index in [4.69, 9.17) is 27.1 Å². The smallest absolute Gasteiger partial charge is 0.311 e. The molecular weight excluding hydrogens is 410 g/mol. The maximum absolute atomic E-state index is 5.82. The Labute approximate surface area is 174 Å². The standard InChI is InChI=1S/C21H26O6P2/c1-17-3-7-19(8-4-17)11-22-28-24-13-21(14-25-28)15-26-29(27-16-21)23-12-20-9-5-18(2)6-10-20/h3-10H,11-16H2,1-2H3. The number of rotatable bonds is 6. The van der Waals surface area contributed by atoms with Gasteiger partial charge in [-0.05, 0) is 25.0 Å². The fourth-order valence-electron chi connectivity index (χ4n) is 2.86. The minimum atomic E-state index is -1.34. The summed E-state index contributed by atoms with van der Waals surface area (Å²) in [4.78, 5) is 0. The highest BCUT2D eigenvalue weighted by molar-refractivity contribution is 7.42. The predicted octanol–water partition coefficient (Wildman–Crippen LogP) is 5.57. The lowest BCUT2D eigenvalue weighted by molar-refractivity contribution is -0.0772. The average molecular weight is 436 g/mol. The van der Waals surface area contributed by atoms with Crippen LogP contribution in [-0.2, 0) is 40.4 Å². The van der Waals surface area contributed by atoms with Crippen LogP contribution in [0.4, 0.5) is 0 Å². The SMILES string of the molecule is Cc1ccc(COP2OCC3(CO2)COP(OCc2ccc(C)cc2)OC3)cc1. The van der Waals surface area contributed by atoms with Crippen molar-refractivity contribution < 1.29 is 27.1 Å². The molecule has 156 valence electrons. The molecule has 0 aliphatic carbocycles. The lowest BCUT2D eigenvalue weighted by Crippen LogP contribution is -2.44. The fraction of sp³-hybridized carbons (Fsp3) is 0.429. The van der Waals surface area contributed by atoms with Gasteiger partial charge in [-0.2, -0.15) is 0 Å². The van der Waals surface area contributed by atoms with Crippen molar-refractivity contribution in [1.82, 2.24) is 0 Å². The molecule has 0 radical (unpaired) electrons. The number of benzene rings is 2. The van der Waals surface area contributed by atoms with Crippen molar-refractivity contribution in [2.45, 2.75) is 27.1 Å². The predicted molar refractivity (Wildman–Crippen MR) is 112 cm³/mol. The van der Waals surface area contributed by atoms with Gasteiger partial charge in [0.05, 0.1) is 45.1 Å². The summed E-state index contributed by atoms with van der Waals surface area (Å²) in [6.07, 6.45) is 0. The van der Waals surface area contributed by atoms with Crippen LogP contribution < -0.4 is 0 Å². The van der Waals surface area contributed by atoms with Crippen molar-refractivity contribution in [3.8, 4) is 0 Å². The van der Waals surface area contributed by atoms with Crippen LogP contribution in [0.1, 0.15) is 22.3 Å². The van der Waals surface area contributed by atoms with Gasteiger partial charge in [0.15, 0.2) is 0 Å². The second kappa shape index (κ2) is 9.91. The summed E-state index contributed by atoms with van der Waals surface area (Å²) in [6, 6.07) is 16.5. The van der Waals surface area contributed by atoms with Crippen LogP contribution in [0.5, 0.6) is 0 Å². The molecule has 1 spiro atoms. The summed E-state index contributed by atoms with van der Waals surface area (Å²) in [7, 11) is -2.68. The topological polar surface area (TPSA) is 55.4 Å². The van der Waals surface area contributed by atoms with E-state index in [2.05, 4.69) is 62.4 Å². The Morgan fingerprint density at radius 3 is 1.34 bits per heavy atom. The first kappa shape index (κ1) is 21.3. The summed E-state index contributed by atoms with van der Waals surface area (Å²) in [5, 5.41) is 0. The van der Waals surface area contributed by atoms with Crippen LogP contribution >= 0.6 is 17.2 Å². The van der Waals surface area contributed by atoms with E-state index in [9.17, 15) is 0 Å². The van der Waals surface area contributed by atoms with Gasteiger partial charge in [-0.15, -0.1) is 0 Å². The Morgan fingerprint density at radius 2 is 1.00 bits per heavy atom. The number of hydrogen-bond donors (Lipinski definition) is 0. The van der Waals surface area contributed by atoms with Crippen molar-refractivity contribution in [3.63, 3.8) is 0 Å². The summed E-state index contributed by atoms with van der Waals surface area (Å²) in [5.41, 5.74) is 4.37. The molecule has 2 aromatic rings. The summed E-state index contributed by atoms with van der Waals surface area (Å²) >= 11 is 0. The Morgan fingerprint density at radius 1 is 0.655 bits per heavy atom. The van der Waals surface area contributed by atoms with Crippen LogP contribution in [0.15, 0.2) is 48.5 Å². The molecule has 2 aliphatic rings. The first-order valence-electron chi connectivity index (χ1n) is 9.59. The van der Waals surface area contributed by atoms with Gasteiger partial charge >= 0.3 is 17.2 Å². The second-order valence-corrected chi connectivity index (χ2v) is 10.0. The molecular formula is C21H26O6P2. The molecule has 0 atom stereocenters. The van der Waals surface area contributed by atoms with Gasteiger partial charge in [0.2, 0.25) is 0 Å². The van der Waals surface area contributed by atoms with Gasteiger partial charge in [0.25, 0.3) is 0 Å². The third-order valence-corrected chi connectivity index (χ3v) is 6.86. The van der Waals surface area contributed by atoms with Crippen LogP contribution in [-0.4, -0.2) is 26.4 Å². The van der Waals surface area contributed by atoms with Crippen molar-refractivity contribution in [3.05, 3.63) is 70.8 Å². The summed E-state index contributed by atoms with van der Waals surface area (Å²) < 4.78 is 34.8. The van der Waals surface area contributed by atoms with E-state index < -0.39 is 17.2 Å². The van der Waals surface area contributed by atoms with Crippen LogP contribution in [0, 0.1) is 19.3 Å². The molecule has 2 aliphatic heterocycles. The molecule has 0 N–H and O–H groups in total. The van der Waals surface area contributed by atoms with E-state index in [-0.39, 0.29) is 5.41 Å². The third-order valence-electron chi connectivity index (χ3n) is 4.82. The van der Waals surface area contributed by atoms with Gasteiger partial charge in [0.1, 0.15) is 0 Å². The largest absolute Gasteiger partial charge is 0.333 e. The van der Waals surface area contributed by atoms with Gasteiger partial charge in [-0.25, -0.2) is 0 Å². The van der Waals surface area contributed by atoms with Gasteiger partial charge < -0.3 is 27.1 Å². The molecule has 0 unspecified atom stereocenters. The molecule has 2 saturated heterocycles. The van der Waals surface area contributed by atoms with Crippen molar-refractivity contribution >= 4 is 17.2 Å². The van der Waals surface area contributed by atoms with Crippen molar-refractivity contribution in [1.29, 1.82) is 0 Å². The molecule has 0 bridgehead atoms. The zero-order chi connectivity index (χ0) is 20.1. The van der Waals surface area contributed by atoms with Crippen LogP contribution in [0.3, 0.4) is 0 Å². The Hall–Kier alpha value is -0.940. The molecule has 8 heteroatoms. The van der Waals surface area contributed by atoms with Crippen LogP contribution in [0.25, 0.3) is 0 Å². The summed E-state index contributed by atoms with van der Waals surface area (Å²) in [5.74, 6) is 0. The number of aryl methyl sites for hydroxylation is 2. The molecule has 2 aromatic carbocycles. The quantitative estimate of drug-likeness (QED) is 0.552. The molecule has 2 fully saturated rings. The zero-order valence-electron chi connectivity index (χ0n) is 16.7. The van der Waals surface area contributed by atoms with E-state index in [0.29, 0.717) is 39.6 Å². The minimum absolute atomic E-state index is 0.294. The normalized spacial score (nSPS) is 27.2. The fourth-order valence-corrected chi connectivity index (χ4v) is 5.33. The maximum Gasteiger partial charge on any atom is 0.333 e. The van der Waals surface area contributed by atoms with Crippen molar-refractivity contribution in [2.75, 3.05) is 26.4 Å². The maximum atomic E-state index is 5.82. The molecule has 6 nitrogen and oxygen atoms in total. The highest BCUT2D eigenvalue weighted by Gasteiger charge is 2.44. The summed E-state index contributed by atoms with van der Waals surface area (Å²) in [6.45, 7) is 7.06. The van der Waals surface area contributed by atoms with E-state index >= 15 is 0 Å². The second-order valence-electron chi connectivity index (χ2n) is 7.56. The zero-order valence-corrected chi connectivity index (χ0v) is 18.5. The van der Waals surface area contributed by atoms with E-state index in [0.717, 1.165) is 11.1 Å². The lowest BCUT2D eigenvalue weighted by atomic mass is 9.93. The molecule has 0 saturated carbocycles. The van der Waals surface area contributed by atoms with Gasteiger partial charge in [-0.1, -0.05) is 59.7 Å². The molecule has 4 rings (SSSR count). The Bertz CT molecular complexity index is 696. The van der Waals surface area contributed by atoms with Gasteiger partial charge in [-0.3, -0.25) is 0 Å². The molecule has 0 aromatic heterocycles. The first-order chi connectivity index (χ1) is 14.1. The monoisotopic (exact) mass is 436 g/mol. The average Bonchev–Trinajstić information content (AvgIpc) is 2.75. The molecule has 0 amide bonds. The first-order valence-corrected chi connectivity index (χ1v) is 11.8. The van der Waals surface area contributed by atoms with E-state index in [1.165, 1.54) is 11.1 Å². The highest BCUT2D eigenvalue weighted by Crippen LogP contribution is 2.53. The lowest BCUT2D eigenvalue weighted by Gasteiger charge is -2.41. The van der Waals surface area contributed by atoms with Crippen molar-refractivity contribution in [2.24, 2.45) is 5.41 Å². The third kappa shape index (κ3) is 6.04. The highest BCUT2D eigenvalue weighted by atomic mass is 31.2. The Balaban J connectivity index is 1.17. The number of hydrogen-bond acceptors (Lipinski definition) is 6. The van der Waals surface area contributed by atoms with E-state index in [1.54, 1.807) is 0 Å². The Kier molecular flexibility index (Phi) is 7.28. The van der Waals surface area contributed by atoms with E-state index in [1.807, 2.05) is 0 Å². The minimum Gasteiger partial charge on any atom is -0.311 e. The van der Waals surface area contributed by atoms with Gasteiger partial charge in [0, 0.05) is 0 Å². The molecule has 2 heterocycles. The van der Waals surface area contributed by atoms with Crippen LogP contribution in [0.2, 0.25) is 0 Å².